The van der Waals surface area contributed by atoms with E-state index in [1.54, 1.807) is 13.1 Å². The molecular formula is C16H17NO2. The van der Waals surface area contributed by atoms with Crippen LogP contribution in [0.3, 0.4) is 0 Å². The molecule has 2 aromatic rings. The van der Waals surface area contributed by atoms with Gasteiger partial charge < -0.3 is 4.57 Å². The Labute approximate surface area is 112 Å². The molecule has 0 spiro atoms. The first-order chi connectivity index (χ1) is 9.08. The molecule has 0 unspecified atom stereocenters. The van der Waals surface area contributed by atoms with Gasteiger partial charge in [0.05, 0.1) is 0 Å². The molecule has 0 fully saturated rings. The standard InChI is InChI=1S/C16H17NO2/c1-12-10-14(11-16(19)17(12)2)15(18)9-8-13-6-4-3-5-7-13/h3-7,10-11H,8-9H2,1-2H3. The van der Waals surface area contributed by atoms with Crippen LogP contribution in [0.5, 0.6) is 0 Å². The number of ketones is 1. The Balaban J connectivity index is 2.11. The predicted molar refractivity (Wildman–Crippen MR) is 75.5 cm³/mol. The van der Waals surface area contributed by atoms with E-state index in [1.165, 1.54) is 10.6 Å². The lowest BCUT2D eigenvalue weighted by Gasteiger charge is -2.06. The maximum Gasteiger partial charge on any atom is 0.251 e. The van der Waals surface area contributed by atoms with Crippen LogP contribution in [-0.2, 0) is 13.5 Å². The fourth-order valence-electron chi connectivity index (χ4n) is 1.98. The summed E-state index contributed by atoms with van der Waals surface area (Å²) in [6, 6.07) is 13.1. The molecule has 0 aliphatic rings. The summed E-state index contributed by atoms with van der Waals surface area (Å²) in [6.07, 6.45) is 1.13. The molecule has 3 nitrogen and oxygen atoms in total. The van der Waals surface area contributed by atoms with Gasteiger partial charge in [-0.15, -0.1) is 0 Å². The van der Waals surface area contributed by atoms with Crippen molar-refractivity contribution < 1.29 is 4.79 Å². The van der Waals surface area contributed by atoms with E-state index in [1.807, 2.05) is 37.3 Å². The number of carbonyl (C=O) groups is 1. The predicted octanol–water partition coefficient (Wildman–Crippen LogP) is 2.51. The Morgan fingerprint density at radius 2 is 1.84 bits per heavy atom. The zero-order valence-electron chi connectivity index (χ0n) is 11.2. The lowest BCUT2D eigenvalue weighted by atomic mass is 10.0. The van der Waals surface area contributed by atoms with Crippen molar-refractivity contribution in [3.63, 3.8) is 0 Å². The molecule has 3 heteroatoms. The number of Topliss-reactive ketones (excluding diaryl/α,β-unsaturated/α-hetero) is 1. The lowest BCUT2D eigenvalue weighted by molar-refractivity contribution is 0.0982. The van der Waals surface area contributed by atoms with Crippen LogP contribution >= 0.6 is 0 Å². The van der Waals surface area contributed by atoms with Crippen LogP contribution in [-0.4, -0.2) is 10.4 Å². The van der Waals surface area contributed by atoms with Crippen LogP contribution in [0.2, 0.25) is 0 Å². The lowest BCUT2D eigenvalue weighted by Crippen LogP contribution is -2.20. The molecule has 19 heavy (non-hydrogen) atoms. The van der Waals surface area contributed by atoms with Gasteiger partial charge in [-0.05, 0) is 25.0 Å². The minimum absolute atomic E-state index is 0.0182. The van der Waals surface area contributed by atoms with E-state index < -0.39 is 0 Å². The van der Waals surface area contributed by atoms with E-state index in [2.05, 4.69) is 0 Å². The third-order valence-corrected chi connectivity index (χ3v) is 3.31. The molecule has 0 aliphatic carbocycles. The average Bonchev–Trinajstić information content (AvgIpc) is 2.42. The van der Waals surface area contributed by atoms with E-state index >= 15 is 0 Å². The number of benzene rings is 1. The number of hydrogen-bond acceptors (Lipinski definition) is 2. The Kier molecular flexibility index (Phi) is 3.95. The SMILES string of the molecule is Cc1cc(C(=O)CCc2ccccc2)cc(=O)n1C. The fraction of sp³-hybridized carbons (Fsp3) is 0.250. The number of hydrogen-bond donors (Lipinski definition) is 0. The monoisotopic (exact) mass is 255 g/mol. The number of carbonyl (C=O) groups excluding carboxylic acids is 1. The molecule has 0 bridgehead atoms. The molecule has 0 amide bonds. The first kappa shape index (κ1) is 13.3. The average molecular weight is 255 g/mol. The summed E-state index contributed by atoms with van der Waals surface area (Å²) in [4.78, 5) is 23.7. The zero-order valence-corrected chi connectivity index (χ0v) is 11.2. The Morgan fingerprint density at radius 1 is 1.16 bits per heavy atom. The molecular weight excluding hydrogens is 238 g/mol. The Bertz CT molecular complexity index is 642. The van der Waals surface area contributed by atoms with Crippen molar-refractivity contribution in [2.45, 2.75) is 19.8 Å². The van der Waals surface area contributed by atoms with Crippen LogP contribution < -0.4 is 5.56 Å². The minimum Gasteiger partial charge on any atom is -0.316 e. The Morgan fingerprint density at radius 3 is 2.47 bits per heavy atom. The fourth-order valence-corrected chi connectivity index (χ4v) is 1.98. The third-order valence-electron chi connectivity index (χ3n) is 3.31. The number of rotatable bonds is 4. The van der Waals surface area contributed by atoms with Gasteiger partial charge in [-0.2, -0.15) is 0 Å². The summed E-state index contributed by atoms with van der Waals surface area (Å²) >= 11 is 0. The summed E-state index contributed by atoms with van der Waals surface area (Å²) in [7, 11) is 1.70. The minimum atomic E-state index is -0.136. The second-order valence-corrected chi connectivity index (χ2v) is 4.69. The van der Waals surface area contributed by atoms with Crippen LogP contribution in [0, 0.1) is 6.92 Å². The summed E-state index contributed by atoms with van der Waals surface area (Å²) in [6.45, 7) is 1.83. The van der Waals surface area contributed by atoms with Gasteiger partial charge in [-0.1, -0.05) is 30.3 Å². The maximum atomic E-state index is 12.1. The molecule has 0 aliphatic heterocycles. The van der Waals surface area contributed by atoms with Gasteiger partial charge in [-0.3, -0.25) is 9.59 Å². The molecule has 0 saturated heterocycles. The van der Waals surface area contributed by atoms with Crippen molar-refractivity contribution in [2.24, 2.45) is 7.05 Å². The van der Waals surface area contributed by atoms with Crippen molar-refractivity contribution in [3.05, 3.63) is 69.6 Å². The number of aromatic nitrogens is 1. The van der Waals surface area contributed by atoms with Gasteiger partial charge in [0.25, 0.3) is 5.56 Å². The highest BCUT2D eigenvalue weighted by molar-refractivity contribution is 5.96. The summed E-state index contributed by atoms with van der Waals surface area (Å²) in [5.74, 6) is 0.0182. The number of nitrogens with zero attached hydrogens (tertiary/aromatic N) is 1. The van der Waals surface area contributed by atoms with E-state index in [-0.39, 0.29) is 11.3 Å². The van der Waals surface area contributed by atoms with Gasteiger partial charge in [0.15, 0.2) is 5.78 Å². The van der Waals surface area contributed by atoms with Crippen molar-refractivity contribution in [1.82, 2.24) is 4.57 Å². The quantitative estimate of drug-likeness (QED) is 0.787. The molecule has 2 rings (SSSR count). The molecule has 1 heterocycles. The van der Waals surface area contributed by atoms with E-state index in [4.69, 9.17) is 0 Å². The van der Waals surface area contributed by atoms with Crippen LogP contribution in [0.15, 0.2) is 47.3 Å². The third kappa shape index (κ3) is 3.19. The van der Waals surface area contributed by atoms with Gasteiger partial charge in [-0.25, -0.2) is 0 Å². The first-order valence-electron chi connectivity index (χ1n) is 6.33. The molecule has 98 valence electrons. The number of pyridine rings is 1. The highest BCUT2D eigenvalue weighted by atomic mass is 16.1. The summed E-state index contributed by atoms with van der Waals surface area (Å²) < 4.78 is 1.54. The van der Waals surface area contributed by atoms with Crippen LogP contribution in [0.4, 0.5) is 0 Å². The molecule has 0 saturated carbocycles. The largest absolute Gasteiger partial charge is 0.316 e. The second kappa shape index (κ2) is 5.65. The van der Waals surface area contributed by atoms with Crippen LogP contribution in [0.25, 0.3) is 0 Å². The molecule has 1 aromatic carbocycles. The van der Waals surface area contributed by atoms with Gasteiger partial charge in [0.1, 0.15) is 0 Å². The molecule has 0 N–H and O–H groups in total. The van der Waals surface area contributed by atoms with E-state index in [0.717, 1.165) is 11.3 Å². The van der Waals surface area contributed by atoms with Crippen molar-refractivity contribution >= 4 is 5.78 Å². The van der Waals surface area contributed by atoms with E-state index in [9.17, 15) is 9.59 Å². The molecule has 1 aromatic heterocycles. The van der Waals surface area contributed by atoms with Crippen LogP contribution in [0.1, 0.15) is 28.0 Å². The second-order valence-electron chi connectivity index (χ2n) is 4.69. The van der Waals surface area contributed by atoms with Gasteiger partial charge >= 0.3 is 0 Å². The van der Waals surface area contributed by atoms with E-state index in [0.29, 0.717) is 18.4 Å². The topological polar surface area (TPSA) is 39.1 Å². The highest BCUT2D eigenvalue weighted by Crippen LogP contribution is 2.08. The summed E-state index contributed by atoms with van der Waals surface area (Å²) in [5, 5.41) is 0. The van der Waals surface area contributed by atoms with Gasteiger partial charge in [0, 0.05) is 30.8 Å². The van der Waals surface area contributed by atoms with Gasteiger partial charge in [0.2, 0.25) is 0 Å². The zero-order chi connectivity index (χ0) is 13.8. The highest BCUT2D eigenvalue weighted by Gasteiger charge is 2.09. The van der Waals surface area contributed by atoms with Crippen molar-refractivity contribution in [2.75, 3.05) is 0 Å². The molecule has 0 atom stereocenters. The van der Waals surface area contributed by atoms with Crippen molar-refractivity contribution in [1.29, 1.82) is 0 Å². The van der Waals surface area contributed by atoms with Crippen molar-refractivity contribution in [3.8, 4) is 0 Å². The molecule has 0 radical (unpaired) electrons. The maximum absolute atomic E-state index is 12.1. The smallest absolute Gasteiger partial charge is 0.251 e. The summed E-state index contributed by atoms with van der Waals surface area (Å²) in [5.41, 5.74) is 2.31. The Hall–Kier alpha value is -2.16. The first-order valence-corrected chi connectivity index (χ1v) is 6.33. The number of aryl methyl sites for hydroxylation is 2. The normalized spacial score (nSPS) is 10.4.